The fourth-order valence-electron chi connectivity index (χ4n) is 4.22. The molecule has 0 saturated carbocycles. The fraction of sp³-hybridized carbons (Fsp3) is 0.240. The number of hydrogen-bond acceptors (Lipinski definition) is 6. The predicted molar refractivity (Wildman–Crippen MR) is 127 cm³/mol. The van der Waals surface area contributed by atoms with Crippen molar-refractivity contribution in [2.75, 3.05) is 36.4 Å². The maximum atomic E-state index is 15.0. The van der Waals surface area contributed by atoms with Crippen molar-refractivity contribution in [1.82, 2.24) is 15.3 Å². The zero-order valence-electron chi connectivity index (χ0n) is 18.5. The second-order valence-corrected chi connectivity index (χ2v) is 8.24. The summed E-state index contributed by atoms with van der Waals surface area (Å²) in [6.45, 7) is 12.6. The number of piperazine rings is 1. The van der Waals surface area contributed by atoms with Crippen LogP contribution in [0.1, 0.15) is 18.1 Å². The summed E-state index contributed by atoms with van der Waals surface area (Å²) in [5, 5.41) is 6.21. The number of anilines is 3. The van der Waals surface area contributed by atoms with Crippen LogP contribution in [-0.4, -0.2) is 36.1 Å². The summed E-state index contributed by atoms with van der Waals surface area (Å²) in [6.07, 6.45) is 3.71. The zero-order valence-corrected chi connectivity index (χ0v) is 18.5. The number of nitrogens with one attached hydrogen (secondary N) is 2. The Bertz CT molecular complexity index is 1330. The van der Waals surface area contributed by atoms with Crippen LogP contribution in [0, 0.1) is 18.2 Å². The molecule has 0 spiro atoms. The van der Waals surface area contributed by atoms with Crippen molar-refractivity contribution in [3.63, 3.8) is 0 Å². The van der Waals surface area contributed by atoms with E-state index in [0.717, 1.165) is 37.3 Å². The van der Waals surface area contributed by atoms with Gasteiger partial charge in [-0.25, -0.2) is 23.6 Å². The molecule has 2 heterocycles. The lowest BCUT2D eigenvalue weighted by atomic mass is 10.1. The quantitative estimate of drug-likeness (QED) is 0.510. The summed E-state index contributed by atoms with van der Waals surface area (Å²) in [6, 6.07) is 8.14. The van der Waals surface area contributed by atoms with Crippen molar-refractivity contribution in [1.29, 1.82) is 0 Å². The highest BCUT2D eigenvalue weighted by atomic mass is 19.1. The van der Waals surface area contributed by atoms with E-state index in [9.17, 15) is 8.78 Å². The van der Waals surface area contributed by atoms with Crippen LogP contribution in [0.15, 0.2) is 42.2 Å². The molecule has 1 aliphatic heterocycles. The van der Waals surface area contributed by atoms with Gasteiger partial charge in [-0.3, -0.25) is 0 Å². The topological polar surface area (TPSA) is 66.7 Å². The second-order valence-electron chi connectivity index (χ2n) is 8.24. The number of nitrogens with zero attached hydrogens (tertiary/aromatic N) is 4. The average molecular weight is 460 g/mol. The second kappa shape index (κ2) is 9.08. The highest BCUT2D eigenvalue weighted by Gasteiger charge is 2.21. The zero-order chi connectivity index (χ0) is 23.7. The minimum atomic E-state index is -0.496. The first-order valence-corrected chi connectivity index (χ1v) is 10.9. The Morgan fingerprint density at radius 3 is 2.74 bits per heavy atom. The van der Waals surface area contributed by atoms with Crippen molar-refractivity contribution >= 4 is 29.0 Å². The molecule has 9 heteroatoms. The van der Waals surface area contributed by atoms with Crippen molar-refractivity contribution in [3.05, 3.63) is 76.4 Å². The van der Waals surface area contributed by atoms with E-state index in [2.05, 4.69) is 25.4 Å². The fourth-order valence-corrected chi connectivity index (χ4v) is 4.22. The molecule has 2 N–H and O–H groups in total. The minimum absolute atomic E-state index is 0.0225. The van der Waals surface area contributed by atoms with Gasteiger partial charge in [0.15, 0.2) is 11.6 Å². The first-order valence-electron chi connectivity index (χ1n) is 10.9. The lowest BCUT2D eigenvalue weighted by molar-refractivity contribution is 0.428. The Labute approximate surface area is 195 Å². The Kier molecular flexibility index (Phi) is 5.82. The predicted octanol–water partition coefficient (Wildman–Crippen LogP) is 5.21. The SMILES string of the molecule is [C-]#[N+]c1c(Nc2ccc(N3CCNCC3)c(F)c2)ncnc1Oc1ccc2c(c1F)C=C(C)C2. The van der Waals surface area contributed by atoms with Crippen LogP contribution in [0.25, 0.3) is 10.9 Å². The Morgan fingerprint density at radius 2 is 1.97 bits per heavy atom. The van der Waals surface area contributed by atoms with Crippen molar-refractivity contribution < 1.29 is 13.5 Å². The smallest absolute Gasteiger partial charge is 0.288 e. The van der Waals surface area contributed by atoms with Gasteiger partial charge in [-0.15, -0.1) is 0 Å². The summed E-state index contributed by atoms with van der Waals surface area (Å²) in [5.74, 6) is -0.824. The summed E-state index contributed by atoms with van der Waals surface area (Å²) in [7, 11) is 0. The average Bonchev–Trinajstić information content (AvgIpc) is 3.23. The van der Waals surface area contributed by atoms with Gasteiger partial charge in [-0.2, -0.15) is 0 Å². The monoisotopic (exact) mass is 460 g/mol. The molecule has 34 heavy (non-hydrogen) atoms. The molecule has 0 radical (unpaired) electrons. The lowest BCUT2D eigenvalue weighted by Crippen LogP contribution is -2.43. The van der Waals surface area contributed by atoms with E-state index in [-0.39, 0.29) is 29.0 Å². The number of aromatic nitrogens is 2. The largest absolute Gasteiger partial charge is 0.446 e. The minimum Gasteiger partial charge on any atom is -0.446 e. The molecule has 1 fully saturated rings. The molecular weight excluding hydrogens is 438 g/mol. The van der Waals surface area contributed by atoms with Gasteiger partial charge >= 0.3 is 0 Å². The van der Waals surface area contributed by atoms with Gasteiger partial charge in [-0.05, 0) is 43.2 Å². The number of allylic oxidation sites excluding steroid dienone is 1. The molecular formula is C25H22F2N6O. The molecule has 3 aromatic rings. The number of fused-ring (bicyclic) bond motifs is 1. The molecule has 5 rings (SSSR count). The third-order valence-corrected chi connectivity index (χ3v) is 5.87. The highest BCUT2D eigenvalue weighted by molar-refractivity contribution is 5.76. The van der Waals surface area contributed by atoms with Gasteiger partial charge in [0.25, 0.3) is 5.69 Å². The number of rotatable bonds is 5. The van der Waals surface area contributed by atoms with Crippen molar-refractivity contribution in [2.24, 2.45) is 0 Å². The van der Waals surface area contributed by atoms with E-state index in [1.165, 1.54) is 18.5 Å². The number of benzene rings is 2. The summed E-state index contributed by atoms with van der Waals surface area (Å²) in [4.78, 5) is 13.6. The maximum Gasteiger partial charge on any atom is 0.288 e. The van der Waals surface area contributed by atoms with E-state index in [1.54, 1.807) is 24.3 Å². The van der Waals surface area contributed by atoms with E-state index < -0.39 is 5.82 Å². The third kappa shape index (κ3) is 4.16. The third-order valence-electron chi connectivity index (χ3n) is 5.87. The molecule has 7 nitrogen and oxygen atoms in total. The molecule has 0 unspecified atom stereocenters. The molecule has 172 valence electrons. The molecule has 2 aromatic carbocycles. The molecule has 2 aliphatic rings. The molecule has 1 aromatic heterocycles. The van der Waals surface area contributed by atoms with E-state index in [1.807, 2.05) is 11.8 Å². The molecule has 0 bridgehead atoms. The first kappa shape index (κ1) is 21.8. The molecule has 1 saturated heterocycles. The van der Waals surface area contributed by atoms with Crippen LogP contribution in [0.2, 0.25) is 0 Å². The first-order chi connectivity index (χ1) is 16.5. The number of ether oxygens (including phenoxy) is 1. The Hall–Kier alpha value is -4.03. The van der Waals surface area contributed by atoms with Crippen LogP contribution in [-0.2, 0) is 6.42 Å². The van der Waals surface area contributed by atoms with Gasteiger partial charge in [0.1, 0.15) is 18.0 Å². The van der Waals surface area contributed by atoms with Gasteiger partial charge in [-0.1, -0.05) is 17.7 Å². The van der Waals surface area contributed by atoms with Crippen LogP contribution >= 0.6 is 0 Å². The van der Waals surface area contributed by atoms with E-state index in [4.69, 9.17) is 11.3 Å². The van der Waals surface area contributed by atoms with Gasteiger partial charge in [0.05, 0.1) is 12.3 Å². The van der Waals surface area contributed by atoms with Crippen molar-refractivity contribution in [3.8, 4) is 11.6 Å². The molecule has 0 atom stereocenters. The standard InChI is InChI=1S/C25H22F2N6O/c1-15-11-16-3-6-21(22(27)18(16)12-15)34-25-23(28-2)24(30-14-31-25)32-17-4-5-20(19(26)13-17)33-9-7-29-8-10-33/h3-6,12-14,29H,7-11H2,1H3,(H,30,31,32). The Morgan fingerprint density at radius 1 is 1.15 bits per heavy atom. The maximum absolute atomic E-state index is 15.0. The normalized spacial score (nSPS) is 14.9. The molecule has 0 amide bonds. The summed E-state index contributed by atoms with van der Waals surface area (Å²) < 4.78 is 35.5. The summed E-state index contributed by atoms with van der Waals surface area (Å²) >= 11 is 0. The lowest BCUT2D eigenvalue weighted by Gasteiger charge is -2.29. The summed E-state index contributed by atoms with van der Waals surface area (Å²) in [5.41, 5.74) is 3.38. The Balaban J connectivity index is 1.40. The van der Waals surface area contributed by atoms with Gasteiger partial charge < -0.3 is 20.3 Å². The molecule has 1 aliphatic carbocycles. The number of hydrogen-bond donors (Lipinski definition) is 2. The number of halogens is 2. The van der Waals surface area contributed by atoms with Crippen molar-refractivity contribution in [2.45, 2.75) is 13.3 Å². The van der Waals surface area contributed by atoms with Crippen LogP contribution in [0.4, 0.5) is 31.7 Å². The van der Waals surface area contributed by atoms with E-state index in [0.29, 0.717) is 23.4 Å². The van der Waals surface area contributed by atoms with Crippen LogP contribution < -0.4 is 20.3 Å². The van der Waals surface area contributed by atoms with Gasteiger partial charge in [0.2, 0.25) is 5.88 Å². The van der Waals surface area contributed by atoms with Gasteiger partial charge in [0, 0.05) is 37.4 Å². The van der Waals surface area contributed by atoms with E-state index >= 15 is 0 Å². The highest BCUT2D eigenvalue weighted by Crippen LogP contribution is 2.39. The van der Waals surface area contributed by atoms with Crippen LogP contribution in [0.3, 0.4) is 0 Å². The van der Waals surface area contributed by atoms with Crippen LogP contribution in [0.5, 0.6) is 11.6 Å².